The zero-order valence-electron chi connectivity index (χ0n) is 14.5. The molecule has 2 N–H and O–H groups in total. The molecule has 2 rings (SSSR count). The Balaban J connectivity index is 1.99. The number of nitrogens with zero attached hydrogens (tertiary/aromatic N) is 3. The van der Waals surface area contributed by atoms with Crippen LogP contribution >= 0.6 is 12.2 Å². The number of nitrogens with one attached hydrogen (secondary N) is 2. The molecular weight excluding hydrogens is 322 g/mol. The Kier molecular flexibility index (Phi) is 6.69. The van der Waals surface area contributed by atoms with Crippen LogP contribution in [0, 0.1) is 4.77 Å². The minimum atomic E-state index is -0.0624. The van der Waals surface area contributed by atoms with Gasteiger partial charge in [0.2, 0.25) is 5.91 Å². The third-order valence-electron chi connectivity index (χ3n) is 3.91. The van der Waals surface area contributed by atoms with Crippen molar-refractivity contribution in [3.05, 3.63) is 46.5 Å². The molecule has 0 spiro atoms. The second-order valence-corrected chi connectivity index (χ2v) is 6.36. The topological polar surface area (TPSA) is 66.0 Å². The number of aryl methyl sites for hydroxylation is 1. The molecule has 6 nitrogen and oxygen atoms in total. The van der Waals surface area contributed by atoms with Crippen LogP contribution in [0.5, 0.6) is 0 Å². The van der Waals surface area contributed by atoms with Gasteiger partial charge in [0.1, 0.15) is 12.4 Å². The third kappa shape index (κ3) is 4.75. The largest absolute Gasteiger partial charge is 0.353 e. The predicted molar refractivity (Wildman–Crippen MR) is 97.3 cm³/mol. The molecule has 1 heterocycles. The summed E-state index contributed by atoms with van der Waals surface area (Å²) >= 11 is 5.22. The number of likely N-dealkylation sites (N-methyl/N-ethyl adjacent to an activating group) is 1. The van der Waals surface area contributed by atoms with Crippen LogP contribution in [0.15, 0.2) is 30.3 Å². The van der Waals surface area contributed by atoms with Crippen LogP contribution in [0.4, 0.5) is 0 Å². The molecule has 0 saturated carbocycles. The highest BCUT2D eigenvalue weighted by molar-refractivity contribution is 7.71. The summed E-state index contributed by atoms with van der Waals surface area (Å²) in [5.74, 6) is 0.762. The van der Waals surface area contributed by atoms with E-state index in [2.05, 4.69) is 39.5 Å². The van der Waals surface area contributed by atoms with Crippen molar-refractivity contribution in [2.75, 3.05) is 20.6 Å². The molecule has 1 aromatic heterocycles. The molecule has 0 aliphatic heterocycles. The Morgan fingerprint density at radius 2 is 2.08 bits per heavy atom. The number of carbonyl (C=O) groups excluding carboxylic acids is 1. The van der Waals surface area contributed by atoms with E-state index in [0.717, 1.165) is 18.7 Å². The van der Waals surface area contributed by atoms with Crippen molar-refractivity contribution >= 4 is 18.1 Å². The molecule has 130 valence electrons. The SMILES string of the molecule is CCCc1n[nH]c(=S)n1CC(=O)NCC(c1ccccc1)N(C)C. The van der Waals surface area contributed by atoms with E-state index < -0.39 is 0 Å². The molecular formula is C17H25N5OS. The number of rotatable bonds is 8. The van der Waals surface area contributed by atoms with Gasteiger partial charge in [-0.15, -0.1) is 0 Å². The second kappa shape index (κ2) is 8.75. The van der Waals surface area contributed by atoms with E-state index in [-0.39, 0.29) is 18.5 Å². The van der Waals surface area contributed by atoms with Gasteiger partial charge in [-0.1, -0.05) is 37.3 Å². The fourth-order valence-corrected chi connectivity index (χ4v) is 2.83. The average molecular weight is 347 g/mol. The molecule has 24 heavy (non-hydrogen) atoms. The maximum absolute atomic E-state index is 12.3. The summed E-state index contributed by atoms with van der Waals surface area (Å²) < 4.78 is 2.25. The summed E-state index contributed by atoms with van der Waals surface area (Å²) in [5.41, 5.74) is 1.18. The monoisotopic (exact) mass is 347 g/mol. The molecule has 0 fully saturated rings. The average Bonchev–Trinajstić information content (AvgIpc) is 2.89. The standard InChI is InChI=1S/C17H25N5OS/c1-4-8-15-19-20-17(24)22(15)12-16(23)18-11-14(21(2)3)13-9-6-5-7-10-13/h5-7,9-10,14H,4,8,11-12H2,1-3H3,(H,18,23)(H,20,24). The normalized spacial score (nSPS) is 12.3. The minimum absolute atomic E-state index is 0.0624. The van der Waals surface area contributed by atoms with Crippen molar-refractivity contribution < 1.29 is 4.79 Å². The lowest BCUT2D eigenvalue weighted by molar-refractivity contribution is -0.121. The minimum Gasteiger partial charge on any atom is -0.353 e. The predicted octanol–water partition coefficient (Wildman–Crippen LogP) is 2.31. The molecule has 0 aliphatic rings. The van der Waals surface area contributed by atoms with Gasteiger partial charge in [0.25, 0.3) is 0 Å². The Hall–Kier alpha value is -1.99. The molecule has 1 atom stereocenters. The number of hydrogen-bond acceptors (Lipinski definition) is 4. The zero-order valence-corrected chi connectivity index (χ0v) is 15.3. The number of amides is 1. The highest BCUT2D eigenvalue weighted by atomic mass is 32.1. The second-order valence-electron chi connectivity index (χ2n) is 5.98. The number of aromatic amines is 1. The molecule has 2 aromatic rings. The van der Waals surface area contributed by atoms with Gasteiger partial charge >= 0.3 is 0 Å². The molecule has 0 radical (unpaired) electrons. The number of H-pyrrole nitrogens is 1. The first-order valence-electron chi connectivity index (χ1n) is 8.15. The van der Waals surface area contributed by atoms with Crippen molar-refractivity contribution in [3.63, 3.8) is 0 Å². The van der Waals surface area contributed by atoms with E-state index in [9.17, 15) is 4.79 Å². The number of benzene rings is 1. The fraction of sp³-hybridized carbons (Fsp3) is 0.471. The fourth-order valence-electron chi connectivity index (χ4n) is 2.61. The number of carbonyl (C=O) groups is 1. The summed E-state index contributed by atoms with van der Waals surface area (Å²) in [4.78, 5) is 14.4. The lowest BCUT2D eigenvalue weighted by Gasteiger charge is -2.25. The van der Waals surface area contributed by atoms with E-state index in [4.69, 9.17) is 12.2 Å². The lowest BCUT2D eigenvalue weighted by Crippen LogP contribution is -2.36. The van der Waals surface area contributed by atoms with Gasteiger partial charge in [0.05, 0.1) is 6.04 Å². The maximum atomic E-state index is 12.3. The van der Waals surface area contributed by atoms with Gasteiger partial charge in [0, 0.05) is 13.0 Å². The molecule has 0 aliphatic carbocycles. The van der Waals surface area contributed by atoms with Gasteiger partial charge in [-0.3, -0.25) is 14.5 Å². The number of aromatic nitrogens is 3. The zero-order chi connectivity index (χ0) is 17.5. The van der Waals surface area contributed by atoms with Gasteiger partial charge in [-0.25, -0.2) is 0 Å². The molecule has 1 unspecified atom stereocenters. The molecule has 0 saturated heterocycles. The quantitative estimate of drug-likeness (QED) is 0.719. The molecule has 7 heteroatoms. The van der Waals surface area contributed by atoms with E-state index in [1.54, 1.807) is 4.57 Å². The first kappa shape index (κ1) is 18.4. The summed E-state index contributed by atoms with van der Waals surface area (Å²) in [6, 6.07) is 10.3. The summed E-state index contributed by atoms with van der Waals surface area (Å²) in [5, 5.41) is 9.96. The summed E-state index contributed by atoms with van der Waals surface area (Å²) in [6.07, 6.45) is 1.75. The Bertz CT molecular complexity index is 707. The Morgan fingerprint density at radius 1 is 1.38 bits per heavy atom. The van der Waals surface area contributed by atoms with Crippen LogP contribution < -0.4 is 5.32 Å². The maximum Gasteiger partial charge on any atom is 0.240 e. The van der Waals surface area contributed by atoms with Crippen LogP contribution in [0.2, 0.25) is 0 Å². The van der Waals surface area contributed by atoms with Gasteiger partial charge in [0.15, 0.2) is 4.77 Å². The van der Waals surface area contributed by atoms with Crippen LogP contribution in [-0.4, -0.2) is 46.2 Å². The van der Waals surface area contributed by atoms with Crippen LogP contribution in [0.1, 0.15) is 30.8 Å². The van der Waals surface area contributed by atoms with Crippen molar-refractivity contribution in [1.82, 2.24) is 25.0 Å². The lowest BCUT2D eigenvalue weighted by atomic mass is 10.1. The van der Waals surface area contributed by atoms with E-state index in [1.165, 1.54) is 5.56 Å². The van der Waals surface area contributed by atoms with E-state index in [0.29, 0.717) is 11.3 Å². The van der Waals surface area contributed by atoms with Gasteiger partial charge in [-0.2, -0.15) is 5.10 Å². The Labute approximate surface area is 147 Å². The summed E-state index contributed by atoms with van der Waals surface area (Å²) in [7, 11) is 4.02. The first-order valence-corrected chi connectivity index (χ1v) is 8.56. The first-order chi connectivity index (χ1) is 11.5. The van der Waals surface area contributed by atoms with Crippen LogP contribution in [0.25, 0.3) is 0 Å². The van der Waals surface area contributed by atoms with Crippen molar-refractivity contribution in [1.29, 1.82) is 0 Å². The van der Waals surface area contributed by atoms with Crippen molar-refractivity contribution in [3.8, 4) is 0 Å². The van der Waals surface area contributed by atoms with Gasteiger partial charge in [-0.05, 0) is 38.3 Å². The van der Waals surface area contributed by atoms with Crippen molar-refractivity contribution in [2.45, 2.75) is 32.4 Å². The third-order valence-corrected chi connectivity index (χ3v) is 4.22. The Morgan fingerprint density at radius 3 is 2.71 bits per heavy atom. The molecule has 0 bridgehead atoms. The summed E-state index contributed by atoms with van der Waals surface area (Å²) in [6.45, 7) is 2.81. The van der Waals surface area contributed by atoms with E-state index >= 15 is 0 Å². The highest BCUT2D eigenvalue weighted by Gasteiger charge is 2.16. The molecule has 1 amide bonds. The van der Waals surface area contributed by atoms with E-state index in [1.807, 2.05) is 32.3 Å². The highest BCUT2D eigenvalue weighted by Crippen LogP contribution is 2.16. The van der Waals surface area contributed by atoms with Crippen LogP contribution in [0.3, 0.4) is 0 Å². The number of hydrogen-bond donors (Lipinski definition) is 2. The molecule has 1 aromatic carbocycles. The van der Waals surface area contributed by atoms with Crippen LogP contribution in [-0.2, 0) is 17.8 Å². The smallest absolute Gasteiger partial charge is 0.240 e. The van der Waals surface area contributed by atoms with Gasteiger partial charge < -0.3 is 10.2 Å². The van der Waals surface area contributed by atoms with Crippen molar-refractivity contribution in [2.24, 2.45) is 0 Å².